The van der Waals surface area contributed by atoms with Crippen LogP contribution in [0.3, 0.4) is 0 Å². The summed E-state index contributed by atoms with van der Waals surface area (Å²) in [4.78, 5) is 6.48. The summed E-state index contributed by atoms with van der Waals surface area (Å²) >= 11 is 5.44. The summed E-state index contributed by atoms with van der Waals surface area (Å²) in [5.74, 6) is 1.36. The fourth-order valence-electron chi connectivity index (χ4n) is 2.67. The van der Waals surface area contributed by atoms with Gasteiger partial charge in [-0.15, -0.1) is 0 Å². The van der Waals surface area contributed by atoms with Crippen molar-refractivity contribution in [3.63, 3.8) is 0 Å². The minimum atomic E-state index is 0.680. The summed E-state index contributed by atoms with van der Waals surface area (Å²) in [5, 5.41) is 5.05. The summed E-state index contributed by atoms with van der Waals surface area (Å²) in [5.41, 5.74) is 4.70. The van der Waals surface area contributed by atoms with Gasteiger partial charge >= 0.3 is 0 Å². The molecule has 1 aliphatic heterocycles. The van der Waals surface area contributed by atoms with Crippen molar-refractivity contribution in [3.05, 3.63) is 30.1 Å². The van der Waals surface area contributed by atoms with Crippen molar-refractivity contribution in [2.45, 2.75) is 27.2 Å². The molecule has 1 aromatic heterocycles. The molecule has 4 nitrogen and oxygen atoms in total. The fourth-order valence-corrected chi connectivity index (χ4v) is 2.86. The highest BCUT2D eigenvalue weighted by molar-refractivity contribution is 7.80. The standard InChI is InChI=1S/C15H22N4S/c1-11-8-12(2)10-19(9-11)15(20)18-17-13(3)14-6-4-5-7-16-14/h4-7,11-12H,8-10H2,1-3H3,(H,18,20)/b17-13-. The Bertz CT molecular complexity index is 476. The molecule has 0 bridgehead atoms. The SMILES string of the molecule is C/C(=N/NC(=S)N1CC(C)CC(C)C1)c1ccccn1. The predicted molar refractivity (Wildman–Crippen MR) is 86.7 cm³/mol. The number of likely N-dealkylation sites (tertiary alicyclic amines) is 1. The van der Waals surface area contributed by atoms with Crippen molar-refractivity contribution in [3.8, 4) is 0 Å². The minimum Gasteiger partial charge on any atom is -0.347 e. The van der Waals surface area contributed by atoms with E-state index < -0.39 is 0 Å². The minimum absolute atomic E-state index is 0.680. The summed E-state index contributed by atoms with van der Waals surface area (Å²) in [6, 6.07) is 5.79. The molecule has 0 saturated carbocycles. The third-order valence-electron chi connectivity index (χ3n) is 3.51. The molecule has 2 heterocycles. The van der Waals surface area contributed by atoms with Crippen LogP contribution in [0.2, 0.25) is 0 Å². The molecule has 0 radical (unpaired) electrons. The van der Waals surface area contributed by atoms with Gasteiger partial charge in [-0.2, -0.15) is 5.10 Å². The molecule has 0 spiro atoms. The quantitative estimate of drug-likeness (QED) is 0.516. The topological polar surface area (TPSA) is 40.5 Å². The van der Waals surface area contributed by atoms with Gasteiger partial charge in [-0.05, 0) is 49.5 Å². The fraction of sp³-hybridized carbons (Fsp3) is 0.533. The van der Waals surface area contributed by atoms with Crippen molar-refractivity contribution in [1.29, 1.82) is 0 Å². The van der Waals surface area contributed by atoms with Crippen LogP contribution < -0.4 is 5.43 Å². The van der Waals surface area contributed by atoms with E-state index >= 15 is 0 Å². The number of piperidine rings is 1. The van der Waals surface area contributed by atoms with E-state index in [1.807, 2.05) is 25.1 Å². The Morgan fingerprint density at radius 1 is 1.35 bits per heavy atom. The Morgan fingerprint density at radius 3 is 2.65 bits per heavy atom. The summed E-state index contributed by atoms with van der Waals surface area (Å²) < 4.78 is 0. The highest BCUT2D eigenvalue weighted by atomic mass is 32.1. The molecule has 2 atom stereocenters. The number of thiocarbonyl (C=S) groups is 1. The molecule has 5 heteroatoms. The number of nitrogens with zero attached hydrogens (tertiary/aromatic N) is 3. The highest BCUT2D eigenvalue weighted by Crippen LogP contribution is 2.20. The maximum atomic E-state index is 5.44. The maximum Gasteiger partial charge on any atom is 0.189 e. The lowest BCUT2D eigenvalue weighted by Crippen LogP contribution is -2.46. The van der Waals surface area contributed by atoms with Gasteiger partial charge in [-0.25, -0.2) is 0 Å². The van der Waals surface area contributed by atoms with E-state index in [-0.39, 0.29) is 0 Å². The van der Waals surface area contributed by atoms with Crippen LogP contribution in [0.25, 0.3) is 0 Å². The Labute approximate surface area is 126 Å². The molecule has 20 heavy (non-hydrogen) atoms. The van der Waals surface area contributed by atoms with E-state index in [1.165, 1.54) is 6.42 Å². The van der Waals surface area contributed by atoms with E-state index in [4.69, 9.17) is 12.2 Å². The van der Waals surface area contributed by atoms with E-state index in [2.05, 4.69) is 34.3 Å². The van der Waals surface area contributed by atoms with Gasteiger partial charge in [0.2, 0.25) is 0 Å². The van der Waals surface area contributed by atoms with Crippen molar-refractivity contribution >= 4 is 23.0 Å². The molecule has 0 amide bonds. The zero-order valence-corrected chi connectivity index (χ0v) is 13.2. The van der Waals surface area contributed by atoms with E-state index in [9.17, 15) is 0 Å². The average Bonchev–Trinajstić information content (AvgIpc) is 2.44. The van der Waals surface area contributed by atoms with Gasteiger partial charge in [0.1, 0.15) is 0 Å². The van der Waals surface area contributed by atoms with Crippen LogP contribution in [0, 0.1) is 11.8 Å². The predicted octanol–water partition coefficient (Wildman–Crippen LogP) is 2.66. The van der Waals surface area contributed by atoms with Crippen LogP contribution in [0.1, 0.15) is 32.9 Å². The summed E-state index contributed by atoms with van der Waals surface area (Å²) in [6.45, 7) is 8.49. The first-order valence-electron chi connectivity index (χ1n) is 7.07. The summed E-state index contributed by atoms with van der Waals surface area (Å²) in [6.07, 6.45) is 3.04. The van der Waals surface area contributed by atoms with Gasteiger partial charge in [0, 0.05) is 19.3 Å². The van der Waals surface area contributed by atoms with Gasteiger partial charge in [0.15, 0.2) is 5.11 Å². The number of nitrogens with one attached hydrogen (secondary N) is 1. The van der Waals surface area contributed by atoms with E-state index in [1.54, 1.807) is 6.20 Å². The second-order valence-electron chi connectivity index (χ2n) is 5.68. The van der Waals surface area contributed by atoms with Gasteiger partial charge in [-0.1, -0.05) is 19.9 Å². The molecular weight excluding hydrogens is 268 g/mol. The van der Waals surface area contributed by atoms with Gasteiger partial charge < -0.3 is 4.90 Å². The summed E-state index contributed by atoms with van der Waals surface area (Å²) in [7, 11) is 0. The number of aromatic nitrogens is 1. The number of hydrogen-bond donors (Lipinski definition) is 1. The second-order valence-corrected chi connectivity index (χ2v) is 6.07. The maximum absolute atomic E-state index is 5.44. The smallest absolute Gasteiger partial charge is 0.189 e. The molecule has 0 aliphatic carbocycles. The van der Waals surface area contributed by atoms with Crippen LogP contribution in [0.15, 0.2) is 29.5 Å². The zero-order valence-electron chi connectivity index (χ0n) is 12.3. The number of hydrogen-bond acceptors (Lipinski definition) is 3. The Kier molecular flexibility index (Phi) is 5.06. The van der Waals surface area contributed by atoms with Crippen LogP contribution >= 0.6 is 12.2 Å². The molecule has 1 saturated heterocycles. The average molecular weight is 290 g/mol. The first-order chi connectivity index (χ1) is 9.56. The van der Waals surface area contributed by atoms with Crippen LogP contribution in [0.5, 0.6) is 0 Å². The molecule has 108 valence electrons. The first-order valence-corrected chi connectivity index (χ1v) is 7.47. The first kappa shape index (κ1) is 14.9. The number of hydrazone groups is 1. The van der Waals surface area contributed by atoms with Gasteiger partial charge in [0.05, 0.1) is 11.4 Å². The third kappa shape index (κ3) is 4.00. The van der Waals surface area contributed by atoms with Crippen molar-refractivity contribution in [1.82, 2.24) is 15.3 Å². The second kappa shape index (κ2) is 6.79. The Hall–Kier alpha value is -1.49. The van der Waals surface area contributed by atoms with Gasteiger partial charge in [0.25, 0.3) is 0 Å². The van der Waals surface area contributed by atoms with Crippen molar-refractivity contribution in [2.75, 3.05) is 13.1 Å². The molecule has 1 aliphatic rings. The third-order valence-corrected chi connectivity index (χ3v) is 3.86. The lowest BCUT2D eigenvalue weighted by atomic mass is 9.92. The van der Waals surface area contributed by atoms with Crippen molar-refractivity contribution in [2.24, 2.45) is 16.9 Å². The molecule has 2 rings (SSSR count). The number of pyridine rings is 1. The lowest BCUT2D eigenvalue weighted by molar-refractivity contribution is 0.212. The molecule has 2 unspecified atom stereocenters. The Morgan fingerprint density at radius 2 is 2.05 bits per heavy atom. The molecule has 1 aromatic rings. The molecule has 1 fully saturated rings. The van der Waals surface area contributed by atoms with Crippen LogP contribution in [-0.2, 0) is 0 Å². The molecular formula is C15H22N4S. The van der Waals surface area contributed by atoms with E-state index in [0.717, 1.165) is 24.5 Å². The zero-order chi connectivity index (χ0) is 14.5. The Balaban J connectivity index is 1.94. The van der Waals surface area contributed by atoms with Gasteiger partial charge in [-0.3, -0.25) is 10.4 Å². The highest BCUT2D eigenvalue weighted by Gasteiger charge is 2.23. The molecule has 1 N–H and O–H groups in total. The van der Waals surface area contributed by atoms with Crippen LogP contribution in [0.4, 0.5) is 0 Å². The van der Waals surface area contributed by atoms with Crippen molar-refractivity contribution < 1.29 is 0 Å². The monoisotopic (exact) mass is 290 g/mol. The van der Waals surface area contributed by atoms with Crippen LogP contribution in [-0.4, -0.2) is 33.8 Å². The molecule has 0 aromatic carbocycles. The number of rotatable bonds is 2. The lowest BCUT2D eigenvalue weighted by Gasteiger charge is -2.36. The van der Waals surface area contributed by atoms with E-state index in [0.29, 0.717) is 16.9 Å². The normalized spacial score (nSPS) is 23.6. The largest absolute Gasteiger partial charge is 0.347 e.